The summed E-state index contributed by atoms with van der Waals surface area (Å²) >= 11 is 0. The van der Waals surface area contributed by atoms with Gasteiger partial charge in [-0.1, -0.05) is 18.2 Å². The van der Waals surface area contributed by atoms with E-state index < -0.39 is 5.97 Å². The topological polar surface area (TPSA) is 50.4 Å². The summed E-state index contributed by atoms with van der Waals surface area (Å²) in [5.41, 5.74) is 0.907. The van der Waals surface area contributed by atoms with Crippen LogP contribution in [0.1, 0.15) is 5.56 Å². The van der Waals surface area contributed by atoms with Gasteiger partial charge in [0.15, 0.2) is 0 Å². The Morgan fingerprint density at radius 3 is 2.92 bits per heavy atom. The second-order valence-corrected chi connectivity index (χ2v) is 2.11. The molecule has 1 heterocycles. The first kappa shape index (κ1) is 8.33. The highest BCUT2D eigenvalue weighted by Crippen LogP contribution is 2.01. The van der Waals surface area contributed by atoms with E-state index in [0.717, 1.165) is 11.6 Å². The van der Waals surface area contributed by atoms with E-state index in [0.29, 0.717) is 0 Å². The first-order valence-electron chi connectivity index (χ1n) is 3.39. The highest BCUT2D eigenvalue weighted by atomic mass is 16.4. The Bertz CT molecular complexity index is 294. The zero-order valence-electron chi connectivity index (χ0n) is 6.31. The lowest BCUT2D eigenvalue weighted by molar-refractivity contribution is -0.131. The fourth-order valence-electron chi connectivity index (χ4n) is 0.674. The van der Waals surface area contributed by atoms with Gasteiger partial charge in [-0.25, -0.2) is 4.79 Å². The summed E-state index contributed by atoms with van der Waals surface area (Å²) in [4.78, 5) is 10.0. The number of hydrogen-bond acceptors (Lipinski definition) is 2. The molecule has 1 rings (SSSR count). The number of furan rings is 1. The SMILES string of the molecule is O=C(O)/C=C/C=C/c1ccoc1. The molecule has 1 aromatic rings. The number of carboxylic acid groups (broad SMARTS) is 1. The Morgan fingerprint density at radius 1 is 1.50 bits per heavy atom. The van der Waals surface area contributed by atoms with Gasteiger partial charge in [0.05, 0.1) is 12.5 Å². The van der Waals surface area contributed by atoms with Crippen LogP contribution in [0.4, 0.5) is 0 Å². The van der Waals surface area contributed by atoms with Gasteiger partial charge in [-0.2, -0.15) is 0 Å². The fourth-order valence-corrected chi connectivity index (χ4v) is 0.674. The number of hydrogen-bond donors (Lipinski definition) is 1. The number of rotatable bonds is 3. The molecular formula is C9H8O3. The minimum Gasteiger partial charge on any atom is -0.478 e. The normalized spacial score (nSPS) is 11.3. The molecule has 0 radical (unpaired) electrons. The molecule has 0 saturated heterocycles. The summed E-state index contributed by atoms with van der Waals surface area (Å²) in [6.45, 7) is 0. The van der Waals surface area contributed by atoms with E-state index in [2.05, 4.69) is 0 Å². The van der Waals surface area contributed by atoms with Crippen LogP contribution in [0.5, 0.6) is 0 Å². The summed E-state index contributed by atoms with van der Waals surface area (Å²) < 4.78 is 4.80. The molecule has 3 nitrogen and oxygen atoms in total. The third kappa shape index (κ3) is 2.88. The minimum atomic E-state index is -0.952. The van der Waals surface area contributed by atoms with Crippen LogP contribution in [0.15, 0.2) is 41.2 Å². The van der Waals surface area contributed by atoms with Crippen molar-refractivity contribution in [3.05, 3.63) is 42.4 Å². The molecule has 1 N–H and O–H groups in total. The molecule has 0 amide bonds. The van der Waals surface area contributed by atoms with Crippen molar-refractivity contribution in [2.75, 3.05) is 0 Å². The summed E-state index contributed by atoms with van der Waals surface area (Å²) in [5, 5.41) is 8.23. The maximum Gasteiger partial charge on any atom is 0.328 e. The van der Waals surface area contributed by atoms with E-state index in [-0.39, 0.29) is 0 Å². The van der Waals surface area contributed by atoms with Gasteiger partial charge in [0.25, 0.3) is 0 Å². The largest absolute Gasteiger partial charge is 0.478 e. The van der Waals surface area contributed by atoms with E-state index >= 15 is 0 Å². The molecule has 0 atom stereocenters. The van der Waals surface area contributed by atoms with Crippen LogP contribution >= 0.6 is 0 Å². The smallest absolute Gasteiger partial charge is 0.328 e. The van der Waals surface area contributed by atoms with Crippen LogP contribution < -0.4 is 0 Å². The molecule has 0 aliphatic carbocycles. The predicted molar refractivity (Wildman–Crippen MR) is 44.5 cm³/mol. The molecule has 3 heteroatoms. The Balaban J connectivity index is 2.47. The monoisotopic (exact) mass is 164 g/mol. The van der Waals surface area contributed by atoms with Gasteiger partial charge < -0.3 is 9.52 Å². The van der Waals surface area contributed by atoms with Crippen molar-refractivity contribution in [1.29, 1.82) is 0 Å². The quantitative estimate of drug-likeness (QED) is 0.548. The summed E-state index contributed by atoms with van der Waals surface area (Å²) in [6, 6.07) is 1.78. The van der Waals surface area contributed by atoms with Crippen LogP contribution in [0, 0.1) is 0 Å². The first-order chi connectivity index (χ1) is 5.79. The maximum atomic E-state index is 10.0. The molecular weight excluding hydrogens is 156 g/mol. The van der Waals surface area contributed by atoms with E-state index in [1.54, 1.807) is 30.7 Å². The molecule has 0 aliphatic heterocycles. The fraction of sp³-hybridized carbons (Fsp3) is 0. The Hall–Kier alpha value is -1.77. The van der Waals surface area contributed by atoms with E-state index in [1.807, 2.05) is 0 Å². The molecule has 0 unspecified atom stereocenters. The first-order valence-corrected chi connectivity index (χ1v) is 3.39. The van der Waals surface area contributed by atoms with Gasteiger partial charge in [-0.3, -0.25) is 0 Å². The van der Waals surface area contributed by atoms with Crippen molar-refractivity contribution in [2.24, 2.45) is 0 Å². The zero-order valence-corrected chi connectivity index (χ0v) is 6.31. The molecule has 0 saturated carbocycles. The molecule has 0 aliphatic rings. The second kappa shape index (κ2) is 4.18. The van der Waals surface area contributed by atoms with Crippen LogP contribution in [0.2, 0.25) is 0 Å². The van der Waals surface area contributed by atoms with Crippen LogP contribution in [0.3, 0.4) is 0 Å². The second-order valence-electron chi connectivity index (χ2n) is 2.11. The Morgan fingerprint density at radius 2 is 2.33 bits per heavy atom. The van der Waals surface area contributed by atoms with Crippen molar-refractivity contribution in [2.45, 2.75) is 0 Å². The van der Waals surface area contributed by atoms with Gasteiger partial charge in [0.1, 0.15) is 0 Å². The summed E-state index contributed by atoms with van der Waals surface area (Å²) in [5.74, 6) is -0.952. The van der Waals surface area contributed by atoms with Crippen molar-refractivity contribution < 1.29 is 14.3 Å². The average Bonchev–Trinajstić information content (AvgIpc) is 2.49. The van der Waals surface area contributed by atoms with Gasteiger partial charge in [0.2, 0.25) is 0 Å². The molecule has 0 spiro atoms. The average molecular weight is 164 g/mol. The lowest BCUT2D eigenvalue weighted by Gasteiger charge is -1.77. The number of carboxylic acids is 1. The van der Waals surface area contributed by atoms with Crippen molar-refractivity contribution in [3.8, 4) is 0 Å². The standard InChI is InChI=1S/C9H8O3/c10-9(11)4-2-1-3-8-5-6-12-7-8/h1-7H,(H,10,11)/b3-1+,4-2+. The van der Waals surface area contributed by atoms with E-state index in [4.69, 9.17) is 9.52 Å². The zero-order chi connectivity index (χ0) is 8.81. The highest BCUT2D eigenvalue weighted by molar-refractivity contribution is 5.80. The van der Waals surface area contributed by atoms with Gasteiger partial charge >= 0.3 is 5.97 Å². The molecule has 0 bridgehead atoms. The lowest BCUT2D eigenvalue weighted by Crippen LogP contribution is -1.84. The van der Waals surface area contributed by atoms with Crippen LogP contribution in [0.25, 0.3) is 6.08 Å². The third-order valence-electron chi connectivity index (χ3n) is 1.18. The number of carbonyl (C=O) groups is 1. The summed E-state index contributed by atoms with van der Waals surface area (Å²) in [6.07, 6.45) is 9.04. The van der Waals surface area contributed by atoms with E-state index in [9.17, 15) is 4.79 Å². The van der Waals surface area contributed by atoms with Crippen LogP contribution in [-0.2, 0) is 4.79 Å². The molecule has 62 valence electrons. The van der Waals surface area contributed by atoms with Crippen molar-refractivity contribution in [1.82, 2.24) is 0 Å². The molecule has 1 aromatic heterocycles. The van der Waals surface area contributed by atoms with Crippen molar-refractivity contribution >= 4 is 12.0 Å². The van der Waals surface area contributed by atoms with Gasteiger partial charge in [0, 0.05) is 11.6 Å². The third-order valence-corrected chi connectivity index (χ3v) is 1.18. The van der Waals surface area contributed by atoms with E-state index in [1.165, 1.54) is 6.08 Å². The highest BCUT2D eigenvalue weighted by Gasteiger charge is 1.84. The van der Waals surface area contributed by atoms with Gasteiger partial charge in [-0.15, -0.1) is 0 Å². The Kier molecular flexibility index (Phi) is 2.90. The number of allylic oxidation sites excluding steroid dienone is 2. The van der Waals surface area contributed by atoms with Crippen molar-refractivity contribution in [3.63, 3.8) is 0 Å². The lowest BCUT2D eigenvalue weighted by atomic mass is 10.3. The number of aliphatic carboxylic acids is 1. The molecule has 12 heavy (non-hydrogen) atoms. The van der Waals surface area contributed by atoms with Crippen LogP contribution in [-0.4, -0.2) is 11.1 Å². The predicted octanol–water partition coefficient (Wildman–Crippen LogP) is 1.93. The maximum absolute atomic E-state index is 10.0. The molecule has 0 aromatic carbocycles. The Labute approximate surface area is 69.6 Å². The molecule has 0 fully saturated rings. The van der Waals surface area contributed by atoms with Gasteiger partial charge in [-0.05, 0) is 6.07 Å². The summed E-state index contributed by atoms with van der Waals surface area (Å²) in [7, 11) is 0. The minimum absolute atomic E-state index is 0.907.